The molecule has 0 aliphatic carbocycles. The van der Waals surface area contributed by atoms with Crippen molar-refractivity contribution in [2.24, 2.45) is 5.92 Å². The van der Waals surface area contributed by atoms with Crippen molar-refractivity contribution in [2.75, 3.05) is 53.1 Å². The highest BCUT2D eigenvalue weighted by atomic mass is 32.1. The minimum atomic E-state index is 0.131. The normalized spacial score (nSPS) is 24.8. The van der Waals surface area contributed by atoms with Crippen LogP contribution in [0.4, 0.5) is 0 Å². The van der Waals surface area contributed by atoms with Crippen molar-refractivity contribution in [3.05, 3.63) is 21.9 Å². The Kier molecular flexibility index (Phi) is 7.45. The lowest BCUT2D eigenvalue weighted by molar-refractivity contribution is -0.0196. The fraction of sp³-hybridized carbons (Fsp3) is 0.737. The molecule has 0 unspecified atom stereocenters. The number of carbonyl (C=O) groups excluding carboxylic acids is 1. The third-order valence-corrected chi connectivity index (χ3v) is 6.43. The van der Waals surface area contributed by atoms with E-state index in [9.17, 15) is 9.90 Å². The zero-order valence-electron chi connectivity index (χ0n) is 15.6. The van der Waals surface area contributed by atoms with Crippen molar-refractivity contribution >= 4 is 17.2 Å². The van der Waals surface area contributed by atoms with Crippen molar-refractivity contribution in [2.45, 2.75) is 31.9 Å². The van der Waals surface area contributed by atoms with E-state index in [1.165, 1.54) is 11.3 Å². The lowest BCUT2D eigenvalue weighted by atomic mass is 9.86. The summed E-state index contributed by atoms with van der Waals surface area (Å²) < 4.78 is 10.6. The summed E-state index contributed by atoms with van der Waals surface area (Å²) in [7, 11) is 1.67. The third-order valence-electron chi connectivity index (χ3n) is 5.39. The molecule has 1 amide bonds. The highest BCUT2D eigenvalue weighted by Gasteiger charge is 2.35. The van der Waals surface area contributed by atoms with Gasteiger partial charge in [0, 0.05) is 50.8 Å². The van der Waals surface area contributed by atoms with Gasteiger partial charge in [-0.25, -0.2) is 0 Å². The molecule has 26 heavy (non-hydrogen) atoms. The standard InChI is InChI=1S/C19H30N2O4S/c1-24-14-16-4-5-18(26-16)19(23)21-7-6-17(15(13-21)3-2-10-22)20-8-11-25-12-9-20/h4-5,15,17,22H,2-3,6-14H2,1H3/t15-,17+/m1/s1. The van der Waals surface area contributed by atoms with E-state index in [1.54, 1.807) is 7.11 Å². The number of carbonyl (C=O) groups is 1. The molecule has 3 rings (SSSR count). The predicted octanol–water partition coefficient (Wildman–Crippen LogP) is 1.83. The third kappa shape index (κ3) is 4.84. The molecule has 0 saturated carbocycles. The molecular formula is C19H30N2O4S. The predicted molar refractivity (Wildman–Crippen MR) is 102 cm³/mol. The number of morpholine rings is 1. The van der Waals surface area contributed by atoms with Gasteiger partial charge < -0.3 is 19.5 Å². The molecule has 1 aromatic rings. The molecule has 6 nitrogen and oxygen atoms in total. The highest BCUT2D eigenvalue weighted by molar-refractivity contribution is 7.14. The quantitative estimate of drug-likeness (QED) is 0.780. The average molecular weight is 383 g/mol. The Morgan fingerprint density at radius 2 is 2.15 bits per heavy atom. The Balaban J connectivity index is 1.65. The Morgan fingerprint density at radius 3 is 2.88 bits per heavy atom. The van der Waals surface area contributed by atoms with Crippen LogP contribution >= 0.6 is 11.3 Å². The van der Waals surface area contributed by atoms with Crippen LogP contribution < -0.4 is 0 Å². The van der Waals surface area contributed by atoms with Crippen LogP contribution in [-0.2, 0) is 16.1 Å². The van der Waals surface area contributed by atoms with Gasteiger partial charge >= 0.3 is 0 Å². The maximum absolute atomic E-state index is 12.9. The molecule has 0 bridgehead atoms. The largest absolute Gasteiger partial charge is 0.396 e. The molecule has 146 valence electrons. The van der Waals surface area contributed by atoms with Crippen LogP contribution in [0.1, 0.15) is 33.8 Å². The number of ether oxygens (including phenoxy) is 2. The van der Waals surface area contributed by atoms with E-state index in [0.29, 0.717) is 18.6 Å². The molecule has 2 fully saturated rings. The van der Waals surface area contributed by atoms with E-state index in [4.69, 9.17) is 9.47 Å². The fourth-order valence-electron chi connectivity index (χ4n) is 4.10. The number of thiophene rings is 1. The van der Waals surface area contributed by atoms with E-state index in [-0.39, 0.29) is 12.5 Å². The first-order valence-corrected chi connectivity index (χ1v) is 10.3. The van der Waals surface area contributed by atoms with Crippen LogP contribution in [0.2, 0.25) is 0 Å². The van der Waals surface area contributed by atoms with Crippen molar-refractivity contribution in [1.82, 2.24) is 9.80 Å². The molecule has 1 N–H and O–H groups in total. The zero-order valence-corrected chi connectivity index (χ0v) is 16.4. The zero-order chi connectivity index (χ0) is 18.4. The van der Waals surface area contributed by atoms with Gasteiger partial charge in [-0.2, -0.15) is 0 Å². The van der Waals surface area contributed by atoms with Crippen LogP contribution in [0.25, 0.3) is 0 Å². The lowest BCUT2D eigenvalue weighted by Gasteiger charge is -2.45. The monoisotopic (exact) mass is 382 g/mol. The number of nitrogens with zero attached hydrogens (tertiary/aromatic N) is 2. The fourth-order valence-corrected chi connectivity index (χ4v) is 5.05. The second-order valence-corrected chi connectivity index (χ2v) is 8.25. The smallest absolute Gasteiger partial charge is 0.263 e. The van der Waals surface area contributed by atoms with E-state index in [1.807, 2.05) is 17.0 Å². The number of amides is 1. The van der Waals surface area contributed by atoms with Crippen LogP contribution in [0.3, 0.4) is 0 Å². The number of methoxy groups -OCH3 is 1. The number of aliphatic hydroxyl groups is 1. The van der Waals surface area contributed by atoms with Gasteiger partial charge in [0.2, 0.25) is 0 Å². The summed E-state index contributed by atoms with van der Waals surface area (Å²) in [6.07, 6.45) is 2.75. The van der Waals surface area contributed by atoms with Gasteiger partial charge in [-0.3, -0.25) is 9.69 Å². The summed E-state index contributed by atoms with van der Waals surface area (Å²) in [6, 6.07) is 4.38. The van der Waals surface area contributed by atoms with Crippen molar-refractivity contribution in [3.8, 4) is 0 Å². The Labute approximate surface area is 159 Å². The second kappa shape index (κ2) is 9.80. The molecular weight excluding hydrogens is 352 g/mol. The van der Waals surface area contributed by atoms with Crippen molar-refractivity contribution in [1.29, 1.82) is 0 Å². The first-order chi connectivity index (χ1) is 12.7. The number of piperidine rings is 1. The number of aliphatic hydroxyl groups excluding tert-OH is 1. The highest BCUT2D eigenvalue weighted by Crippen LogP contribution is 2.29. The van der Waals surface area contributed by atoms with Crippen LogP contribution in [-0.4, -0.2) is 80.0 Å². The minimum absolute atomic E-state index is 0.131. The number of likely N-dealkylation sites (tertiary alicyclic amines) is 1. The lowest BCUT2D eigenvalue weighted by Crippen LogP contribution is -2.55. The summed E-state index contributed by atoms with van der Waals surface area (Å²) >= 11 is 1.52. The molecule has 7 heteroatoms. The number of hydrogen-bond acceptors (Lipinski definition) is 6. The summed E-state index contributed by atoms with van der Waals surface area (Å²) in [4.78, 5) is 19.3. The topological polar surface area (TPSA) is 62.2 Å². The van der Waals surface area contributed by atoms with E-state index >= 15 is 0 Å². The molecule has 2 atom stereocenters. The Bertz CT molecular complexity index is 574. The van der Waals surface area contributed by atoms with Gasteiger partial charge in [-0.05, 0) is 37.3 Å². The van der Waals surface area contributed by atoms with Crippen LogP contribution in [0.15, 0.2) is 12.1 Å². The molecule has 0 aromatic carbocycles. The number of rotatable bonds is 7. The molecule has 1 aromatic heterocycles. The molecule has 3 heterocycles. The van der Waals surface area contributed by atoms with Crippen LogP contribution in [0, 0.1) is 5.92 Å². The van der Waals surface area contributed by atoms with Gasteiger partial charge in [-0.1, -0.05) is 0 Å². The van der Waals surface area contributed by atoms with E-state index in [2.05, 4.69) is 4.90 Å². The molecule has 0 spiro atoms. The summed E-state index contributed by atoms with van der Waals surface area (Å²) in [5.74, 6) is 0.545. The van der Waals surface area contributed by atoms with Crippen molar-refractivity contribution in [3.63, 3.8) is 0 Å². The van der Waals surface area contributed by atoms with E-state index < -0.39 is 0 Å². The van der Waals surface area contributed by atoms with Gasteiger partial charge in [-0.15, -0.1) is 11.3 Å². The van der Waals surface area contributed by atoms with Gasteiger partial charge in [0.15, 0.2) is 0 Å². The van der Waals surface area contributed by atoms with Gasteiger partial charge in [0.1, 0.15) is 0 Å². The SMILES string of the molecule is COCc1ccc(C(=O)N2CC[C@H](N3CCOCC3)[C@H](CCCO)C2)s1. The summed E-state index contributed by atoms with van der Waals surface area (Å²) in [5.41, 5.74) is 0. The van der Waals surface area contributed by atoms with Gasteiger partial charge in [0.25, 0.3) is 5.91 Å². The second-order valence-electron chi connectivity index (χ2n) is 7.08. The Hall–Kier alpha value is -0.990. The van der Waals surface area contributed by atoms with Crippen molar-refractivity contribution < 1.29 is 19.4 Å². The first-order valence-electron chi connectivity index (χ1n) is 9.52. The molecule has 2 aliphatic heterocycles. The first kappa shape index (κ1) is 19.8. The summed E-state index contributed by atoms with van der Waals surface area (Å²) in [5, 5.41) is 9.28. The van der Waals surface area contributed by atoms with Crippen LogP contribution in [0.5, 0.6) is 0 Å². The van der Waals surface area contributed by atoms with Gasteiger partial charge in [0.05, 0.1) is 24.7 Å². The van der Waals surface area contributed by atoms with E-state index in [0.717, 1.165) is 68.4 Å². The molecule has 2 saturated heterocycles. The summed E-state index contributed by atoms with van der Waals surface area (Å²) in [6.45, 7) is 5.87. The maximum Gasteiger partial charge on any atom is 0.263 e. The average Bonchev–Trinajstić information content (AvgIpc) is 3.15. The maximum atomic E-state index is 12.9. The minimum Gasteiger partial charge on any atom is -0.396 e. The molecule has 2 aliphatic rings. The Morgan fingerprint density at radius 1 is 1.35 bits per heavy atom. The number of hydrogen-bond donors (Lipinski definition) is 1. The molecule has 0 radical (unpaired) electrons.